The summed E-state index contributed by atoms with van der Waals surface area (Å²) in [5.41, 5.74) is 2.77. The Kier molecular flexibility index (Phi) is 3.33. The molecule has 2 heterocycles. The van der Waals surface area contributed by atoms with E-state index in [4.69, 9.17) is 0 Å². The highest BCUT2D eigenvalue weighted by Gasteiger charge is 2.21. The number of nitriles is 1. The van der Waals surface area contributed by atoms with Gasteiger partial charge in [-0.2, -0.15) is 5.26 Å². The fourth-order valence-electron chi connectivity index (χ4n) is 2.57. The van der Waals surface area contributed by atoms with Crippen molar-refractivity contribution in [2.45, 2.75) is 33.6 Å². The molecule has 1 atom stereocenters. The first-order chi connectivity index (χ1) is 8.11. The molecule has 0 aliphatic carbocycles. The van der Waals surface area contributed by atoms with E-state index in [2.05, 4.69) is 22.9 Å². The van der Waals surface area contributed by atoms with E-state index in [1.165, 1.54) is 12.8 Å². The maximum absolute atomic E-state index is 9.27. The first-order valence-corrected chi connectivity index (χ1v) is 6.25. The van der Waals surface area contributed by atoms with Gasteiger partial charge in [-0.05, 0) is 44.2 Å². The molecule has 1 aliphatic heterocycles. The number of anilines is 1. The maximum atomic E-state index is 9.27. The summed E-state index contributed by atoms with van der Waals surface area (Å²) in [6, 6.07) is 4.28. The fourth-order valence-corrected chi connectivity index (χ4v) is 2.57. The zero-order valence-corrected chi connectivity index (χ0v) is 10.8. The number of hydrogen-bond donors (Lipinski definition) is 0. The predicted molar refractivity (Wildman–Crippen MR) is 69.0 cm³/mol. The van der Waals surface area contributed by atoms with Crippen molar-refractivity contribution in [2.75, 3.05) is 18.0 Å². The van der Waals surface area contributed by atoms with E-state index in [0.29, 0.717) is 5.92 Å². The van der Waals surface area contributed by atoms with Gasteiger partial charge in [0, 0.05) is 18.8 Å². The first kappa shape index (κ1) is 11.9. The van der Waals surface area contributed by atoms with E-state index < -0.39 is 0 Å². The topological polar surface area (TPSA) is 39.9 Å². The number of hydrogen-bond acceptors (Lipinski definition) is 3. The normalized spacial score (nSPS) is 20.1. The summed E-state index contributed by atoms with van der Waals surface area (Å²) in [4.78, 5) is 6.84. The summed E-state index contributed by atoms with van der Waals surface area (Å²) in [6.45, 7) is 8.29. The van der Waals surface area contributed by atoms with Gasteiger partial charge in [-0.1, -0.05) is 6.92 Å². The molecule has 0 saturated carbocycles. The van der Waals surface area contributed by atoms with E-state index in [0.717, 1.165) is 35.7 Å². The molecule has 1 fully saturated rings. The average Bonchev–Trinajstić information content (AvgIpc) is 2.28. The third-order valence-corrected chi connectivity index (χ3v) is 3.39. The number of aryl methyl sites for hydroxylation is 2. The Balaban J connectivity index is 2.40. The first-order valence-electron chi connectivity index (χ1n) is 6.25. The minimum Gasteiger partial charge on any atom is -0.355 e. The fraction of sp³-hybridized carbons (Fsp3) is 0.571. The van der Waals surface area contributed by atoms with Crippen LogP contribution in [0.5, 0.6) is 0 Å². The molecule has 2 rings (SSSR count). The summed E-state index contributed by atoms with van der Waals surface area (Å²) in [5.74, 6) is 1.58. The molecule has 0 N–H and O–H groups in total. The zero-order valence-electron chi connectivity index (χ0n) is 10.8. The molecule has 0 spiro atoms. The second-order valence-electron chi connectivity index (χ2n) is 5.08. The van der Waals surface area contributed by atoms with Crippen LogP contribution in [0, 0.1) is 31.1 Å². The van der Waals surface area contributed by atoms with Crippen LogP contribution in [0.4, 0.5) is 5.82 Å². The summed E-state index contributed by atoms with van der Waals surface area (Å²) >= 11 is 0. The SMILES string of the molecule is Cc1cc(C)c(C#N)c(N2CCCC(C)C2)n1. The van der Waals surface area contributed by atoms with Crippen LogP contribution < -0.4 is 4.90 Å². The van der Waals surface area contributed by atoms with Gasteiger partial charge in [0.05, 0.1) is 5.56 Å². The molecule has 17 heavy (non-hydrogen) atoms. The molecule has 3 heteroatoms. The maximum Gasteiger partial charge on any atom is 0.147 e. The van der Waals surface area contributed by atoms with Gasteiger partial charge in [-0.3, -0.25) is 0 Å². The molecule has 1 saturated heterocycles. The third-order valence-electron chi connectivity index (χ3n) is 3.39. The van der Waals surface area contributed by atoms with Crippen LogP contribution >= 0.6 is 0 Å². The van der Waals surface area contributed by atoms with E-state index in [1.807, 2.05) is 19.9 Å². The highest BCUT2D eigenvalue weighted by atomic mass is 15.2. The van der Waals surface area contributed by atoms with Crippen LogP contribution in [0.2, 0.25) is 0 Å². The van der Waals surface area contributed by atoms with Gasteiger partial charge >= 0.3 is 0 Å². The van der Waals surface area contributed by atoms with Crippen LogP contribution in [0.1, 0.15) is 36.6 Å². The minimum absolute atomic E-state index is 0.693. The second kappa shape index (κ2) is 4.75. The van der Waals surface area contributed by atoms with Gasteiger partial charge in [0.1, 0.15) is 11.9 Å². The number of pyridine rings is 1. The van der Waals surface area contributed by atoms with Crippen LogP contribution in [0.25, 0.3) is 0 Å². The lowest BCUT2D eigenvalue weighted by Crippen LogP contribution is -2.35. The Hall–Kier alpha value is -1.56. The van der Waals surface area contributed by atoms with Crippen molar-refractivity contribution in [3.8, 4) is 6.07 Å². The van der Waals surface area contributed by atoms with Crippen LogP contribution in [0.15, 0.2) is 6.07 Å². The number of piperidine rings is 1. The Morgan fingerprint density at radius 3 is 2.88 bits per heavy atom. The highest BCUT2D eigenvalue weighted by molar-refractivity contribution is 5.58. The largest absolute Gasteiger partial charge is 0.355 e. The standard InChI is InChI=1S/C14H19N3/c1-10-5-4-6-17(9-10)14-13(8-15)11(2)7-12(3)16-14/h7,10H,4-6,9H2,1-3H3. The quantitative estimate of drug-likeness (QED) is 0.743. The summed E-state index contributed by atoms with van der Waals surface area (Å²) in [7, 11) is 0. The van der Waals surface area contributed by atoms with Gasteiger partial charge in [0.25, 0.3) is 0 Å². The molecule has 0 bridgehead atoms. The van der Waals surface area contributed by atoms with Gasteiger partial charge in [-0.25, -0.2) is 4.98 Å². The lowest BCUT2D eigenvalue weighted by Gasteiger charge is -2.32. The Morgan fingerprint density at radius 1 is 1.47 bits per heavy atom. The van der Waals surface area contributed by atoms with Gasteiger partial charge in [-0.15, -0.1) is 0 Å². The average molecular weight is 229 g/mol. The van der Waals surface area contributed by atoms with Crippen LogP contribution in [0.3, 0.4) is 0 Å². The third kappa shape index (κ3) is 2.41. The van der Waals surface area contributed by atoms with Crippen molar-refractivity contribution >= 4 is 5.82 Å². The molecule has 3 nitrogen and oxygen atoms in total. The van der Waals surface area contributed by atoms with Crippen molar-refractivity contribution in [1.82, 2.24) is 4.98 Å². The number of nitrogens with zero attached hydrogens (tertiary/aromatic N) is 3. The molecule has 1 aromatic heterocycles. The van der Waals surface area contributed by atoms with Gasteiger partial charge in [0.2, 0.25) is 0 Å². The monoisotopic (exact) mass is 229 g/mol. The lowest BCUT2D eigenvalue weighted by molar-refractivity contribution is 0.444. The van der Waals surface area contributed by atoms with E-state index in [-0.39, 0.29) is 0 Å². The Bertz CT molecular complexity index is 459. The second-order valence-corrected chi connectivity index (χ2v) is 5.08. The van der Waals surface area contributed by atoms with Crippen molar-refractivity contribution in [2.24, 2.45) is 5.92 Å². The van der Waals surface area contributed by atoms with Gasteiger partial charge in [0.15, 0.2) is 0 Å². The van der Waals surface area contributed by atoms with Crippen LogP contribution in [-0.2, 0) is 0 Å². The summed E-state index contributed by atoms with van der Waals surface area (Å²) in [6.07, 6.45) is 2.48. The Morgan fingerprint density at radius 2 is 2.24 bits per heavy atom. The molecular formula is C14H19N3. The molecule has 1 unspecified atom stereocenters. The molecule has 90 valence electrons. The van der Waals surface area contributed by atoms with E-state index in [9.17, 15) is 5.26 Å². The summed E-state index contributed by atoms with van der Waals surface area (Å²) < 4.78 is 0. The molecule has 1 aromatic rings. The minimum atomic E-state index is 0.693. The summed E-state index contributed by atoms with van der Waals surface area (Å²) in [5, 5.41) is 9.27. The smallest absolute Gasteiger partial charge is 0.147 e. The number of rotatable bonds is 1. The van der Waals surface area contributed by atoms with Crippen molar-refractivity contribution in [1.29, 1.82) is 5.26 Å². The molecule has 0 aromatic carbocycles. The zero-order chi connectivity index (χ0) is 12.4. The predicted octanol–water partition coefficient (Wildman–Crippen LogP) is 2.81. The van der Waals surface area contributed by atoms with Crippen molar-refractivity contribution in [3.63, 3.8) is 0 Å². The molecule has 1 aliphatic rings. The Labute approximate surface area is 103 Å². The van der Waals surface area contributed by atoms with E-state index in [1.54, 1.807) is 0 Å². The van der Waals surface area contributed by atoms with Gasteiger partial charge < -0.3 is 4.90 Å². The molecule has 0 amide bonds. The van der Waals surface area contributed by atoms with Crippen molar-refractivity contribution < 1.29 is 0 Å². The van der Waals surface area contributed by atoms with E-state index >= 15 is 0 Å². The molecular weight excluding hydrogens is 210 g/mol. The number of aromatic nitrogens is 1. The van der Waals surface area contributed by atoms with Crippen LogP contribution in [-0.4, -0.2) is 18.1 Å². The highest BCUT2D eigenvalue weighted by Crippen LogP contribution is 2.26. The van der Waals surface area contributed by atoms with Crippen molar-refractivity contribution in [3.05, 3.63) is 22.9 Å². The lowest BCUT2D eigenvalue weighted by atomic mass is 9.99. The molecule has 0 radical (unpaired) electrons.